The van der Waals surface area contributed by atoms with Crippen molar-refractivity contribution in [1.29, 1.82) is 0 Å². The van der Waals surface area contributed by atoms with Crippen molar-refractivity contribution in [1.82, 2.24) is 0 Å². The number of nitrogens with one attached hydrogen (secondary N) is 1. The summed E-state index contributed by atoms with van der Waals surface area (Å²) in [6.07, 6.45) is 0.0376. The number of hydrogen-bond acceptors (Lipinski definition) is 3. The van der Waals surface area contributed by atoms with E-state index >= 15 is 0 Å². The van der Waals surface area contributed by atoms with Gasteiger partial charge in [-0.05, 0) is 18.6 Å². The van der Waals surface area contributed by atoms with Crippen molar-refractivity contribution < 1.29 is 9.47 Å². The molecule has 2 aliphatic heterocycles. The molecule has 0 bridgehead atoms. The topological polar surface area (TPSA) is 30.5 Å². The Kier molecular flexibility index (Phi) is 3.17. The lowest BCUT2D eigenvalue weighted by Crippen LogP contribution is -2.43. The van der Waals surface area contributed by atoms with Gasteiger partial charge in [-0.3, -0.25) is 0 Å². The first kappa shape index (κ1) is 12.9. The molecule has 3 nitrogen and oxygen atoms in total. The van der Waals surface area contributed by atoms with Crippen LogP contribution in [-0.4, -0.2) is 19.3 Å². The van der Waals surface area contributed by atoms with E-state index in [0.29, 0.717) is 13.2 Å². The molecule has 0 amide bonds. The van der Waals surface area contributed by atoms with Gasteiger partial charge in [0.15, 0.2) is 0 Å². The SMILES string of the molecule is Cc1ccc2c(c1)[C@H]1OCCO[C@H]1[C@H](c1ccccc1)N2. The molecule has 2 heterocycles. The van der Waals surface area contributed by atoms with Gasteiger partial charge in [-0.1, -0.05) is 48.0 Å². The molecule has 2 aliphatic rings. The molecule has 4 rings (SSSR count). The first-order valence-corrected chi connectivity index (χ1v) is 7.48. The van der Waals surface area contributed by atoms with Crippen LogP contribution in [0, 0.1) is 6.92 Å². The number of rotatable bonds is 1. The maximum atomic E-state index is 6.06. The Morgan fingerprint density at radius 2 is 1.81 bits per heavy atom. The minimum absolute atomic E-state index is 0.0140. The van der Waals surface area contributed by atoms with Crippen molar-refractivity contribution in [2.24, 2.45) is 0 Å². The maximum Gasteiger partial charge on any atom is 0.113 e. The molecular weight excluding hydrogens is 262 g/mol. The van der Waals surface area contributed by atoms with Crippen LogP contribution in [0.3, 0.4) is 0 Å². The molecule has 0 aliphatic carbocycles. The number of hydrogen-bond donors (Lipinski definition) is 1. The Morgan fingerprint density at radius 1 is 1.00 bits per heavy atom. The largest absolute Gasteiger partial charge is 0.375 e. The van der Waals surface area contributed by atoms with Crippen molar-refractivity contribution in [3.8, 4) is 0 Å². The Morgan fingerprint density at radius 3 is 2.67 bits per heavy atom. The van der Waals surface area contributed by atoms with Crippen LogP contribution in [0.25, 0.3) is 0 Å². The Bertz CT molecular complexity index is 641. The minimum Gasteiger partial charge on any atom is -0.375 e. The zero-order valence-electron chi connectivity index (χ0n) is 12.1. The van der Waals surface area contributed by atoms with Crippen molar-refractivity contribution in [2.45, 2.75) is 25.2 Å². The molecule has 1 N–H and O–H groups in total. The van der Waals surface area contributed by atoms with Crippen LogP contribution in [-0.2, 0) is 9.47 Å². The first-order valence-electron chi connectivity index (χ1n) is 7.48. The van der Waals surface area contributed by atoms with Gasteiger partial charge in [0.25, 0.3) is 0 Å². The Balaban J connectivity index is 1.79. The molecule has 0 spiro atoms. The summed E-state index contributed by atoms with van der Waals surface area (Å²) in [5.41, 5.74) is 4.86. The van der Waals surface area contributed by atoms with Crippen molar-refractivity contribution >= 4 is 5.69 Å². The highest BCUT2D eigenvalue weighted by atomic mass is 16.6. The molecule has 3 heteroatoms. The van der Waals surface area contributed by atoms with E-state index in [9.17, 15) is 0 Å². The third-order valence-corrected chi connectivity index (χ3v) is 4.30. The van der Waals surface area contributed by atoms with Crippen LogP contribution >= 0.6 is 0 Å². The summed E-state index contributed by atoms with van der Waals surface area (Å²) in [5, 5.41) is 3.63. The van der Waals surface area contributed by atoms with E-state index in [-0.39, 0.29) is 18.2 Å². The molecule has 1 fully saturated rings. The third kappa shape index (κ3) is 2.23. The van der Waals surface area contributed by atoms with Crippen LogP contribution in [0.15, 0.2) is 48.5 Å². The maximum absolute atomic E-state index is 6.06. The van der Waals surface area contributed by atoms with Gasteiger partial charge in [0.2, 0.25) is 0 Å². The third-order valence-electron chi connectivity index (χ3n) is 4.30. The highest BCUT2D eigenvalue weighted by molar-refractivity contribution is 5.58. The van der Waals surface area contributed by atoms with E-state index in [1.54, 1.807) is 0 Å². The zero-order valence-corrected chi connectivity index (χ0v) is 12.1. The van der Waals surface area contributed by atoms with E-state index in [2.05, 4.69) is 54.7 Å². The van der Waals surface area contributed by atoms with Gasteiger partial charge in [-0.15, -0.1) is 0 Å². The molecule has 21 heavy (non-hydrogen) atoms. The molecule has 3 atom stereocenters. The quantitative estimate of drug-likeness (QED) is 0.866. The summed E-state index contributed by atoms with van der Waals surface area (Å²) < 4.78 is 12.1. The van der Waals surface area contributed by atoms with Crippen molar-refractivity contribution in [2.75, 3.05) is 18.5 Å². The minimum atomic E-state index is 0.0140. The van der Waals surface area contributed by atoms with Crippen LogP contribution in [0.4, 0.5) is 5.69 Å². The molecular formula is C18H19NO2. The average molecular weight is 281 g/mol. The zero-order chi connectivity index (χ0) is 14.2. The van der Waals surface area contributed by atoms with Gasteiger partial charge < -0.3 is 14.8 Å². The fraction of sp³-hybridized carbons (Fsp3) is 0.333. The predicted molar refractivity (Wildman–Crippen MR) is 82.4 cm³/mol. The van der Waals surface area contributed by atoms with E-state index in [4.69, 9.17) is 9.47 Å². The van der Waals surface area contributed by atoms with E-state index in [1.807, 2.05) is 6.07 Å². The number of anilines is 1. The second-order valence-corrected chi connectivity index (χ2v) is 5.75. The molecule has 0 aromatic heterocycles. The summed E-state index contributed by atoms with van der Waals surface area (Å²) in [4.78, 5) is 0. The standard InChI is InChI=1S/C18H19NO2/c1-12-7-8-15-14(11-12)17-18(21-10-9-20-17)16(19-15)13-5-3-2-4-6-13/h2-8,11,16-19H,9-10H2,1H3/t16-,17+,18-/m0/s1. The van der Waals surface area contributed by atoms with Gasteiger partial charge in [-0.25, -0.2) is 0 Å². The van der Waals surface area contributed by atoms with Crippen molar-refractivity contribution in [3.05, 3.63) is 65.2 Å². The molecule has 0 unspecified atom stereocenters. The van der Waals surface area contributed by atoms with E-state index < -0.39 is 0 Å². The van der Waals surface area contributed by atoms with Crippen LogP contribution in [0.5, 0.6) is 0 Å². The van der Waals surface area contributed by atoms with Crippen LogP contribution < -0.4 is 5.32 Å². The van der Waals surface area contributed by atoms with Gasteiger partial charge in [0.1, 0.15) is 12.2 Å². The first-order chi connectivity index (χ1) is 10.3. The fourth-order valence-electron chi connectivity index (χ4n) is 3.31. The second kappa shape index (κ2) is 5.17. The molecule has 2 aromatic rings. The molecule has 0 radical (unpaired) electrons. The smallest absolute Gasteiger partial charge is 0.113 e. The fourth-order valence-corrected chi connectivity index (χ4v) is 3.31. The summed E-state index contributed by atoms with van der Waals surface area (Å²) in [5.74, 6) is 0. The van der Waals surface area contributed by atoms with Gasteiger partial charge >= 0.3 is 0 Å². The van der Waals surface area contributed by atoms with Gasteiger partial charge in [0, 0.05) is 11.3 Å². The lowest BCUT2D eigenvalue weighted by Gasteiger charge is -2.43. The number of fused-ring (bicyclic) bond motifs is 3. The van der Waals surface area contributed by atoms with Gasteiger partial charge in [-0.2, -0.15) is 0 Å². The Hall–Kier alpha value is -1.84. The number of ether oxygens (including phenoxy) is 2. The predicted octanol–water partition coefficient (Wildman–Crippen LogP) is 3.62. The van der Waals surface area contributed by atoms with Crippen LogP contribution in [0.2, 0.25) is 0 Å². The normalized spacial score (nSPS) is 27.4. The highest BCUT2D eigenvalue weighted by Gasteiger charge is 2.40. The summed E-state index contributed by atoms with van der Waals surface area (Å²) in [6, 6.07) is 17.1. The van der Waals surface area contributed by atoms with Gasteiger partial charge in [0.05, 0.1) is 19.3 Å². The molecule has 108 valence electrons. The van der Waals surface area contributed by atoms with Crippen molar-refractivity contribution in [3.63, 3.8) is 0 Å². The monoisotopic (exact) mass is 281 g/mol. The summed E-state index contributed by atoms with van der Waals surface area (Å²) in [6.45, 7) is 3.44. The number of benzene rings is 2. The molecule has 0 saturated carbocycles. The second-order valence-electron chi connectivity index (χ2n) is 5.75. The van der Waals surface area contributed by atoms with E-state index in [1.165, 1.54) is 16.7 Å². The summed E-state index contributed by atoms with van der Waals surface area (Å²) >= 11 is 0. The lowest BCUT2D eigenvalue weighted by molar-refractivity contribution is -0.151. The van der Waals surface area contributed by atoms with E-state index in [0.717, 1.165) is 5.69 Å². The number of aryl methyl sites for hydroxylation is 1. The molecule has 1 saturated heterocycles. The summed E-state index contributed by atoms with van der Waals surface area (Å²) in [7, 11) is 0. The molecule has 2 aromatic carbocycles. The lowest BCUT2D eigenvalue weighted by atomic mass is 9.87. The van der Waals surface area contributed by atoms with Crippen LogP contribution in [0.1, 0.15) is 28.8 Å². The Labute approximate surface area is 124 Å². The average Bonchev–Trinajstić information content (AvgIpc) is 2.55. The highest BCUT2D eigenvalue weighted by Crippen LogP contribution is 2.44.